The van der Waals surface area contributed by atoms with E-state index in [1.54, 1.807) is 17.2 Å². The lowest BCUT2D eigenvalue weighted by Gasteiger charge is -2.23. The number of halogens is 1. The second-order valence-corrected chi connectivity index (χ2v) is 6.45. The van der Waals surface area contributed by atoms with Crippen molar-refractivity contribution in [2.24, 2.45) is 0 Å². The van der Waals surface area contributed by atoms with Gasteiger partial charge in [0.05, 0.1) is 12.5 Å². The zero-order valence-electron chi connectivity index (χ0n) is 13.6. The van der Waals surface area contributed by atoms with Gasteiger partial charge in [0, 0.05) is 29.0 Å². The molecule has 0 N–H and O–H groups in total. The first kappa shape index (κ1) is 18.0. The fourth-order valence-corrected chi connectivity index (χ4v) is 2.69. The van der Waals surface area contributed by atoms with Gasteiger partial charge in [-0.3, -0.25) is 9.59 Å². The Balaban J connectivity index is 2.31. The molecular weight excluding hydrogens is 370 g/mol. The van der Waals surface area contributed by atoms with E-state index in [2.05, 4.69) is 22.0 Å². The Bertz CT molecular complexity index is 852. The van der Waals surface area contributed by atoms with Crippen LogP contribution in [0.3, 0.4) is 0 Å². The molecule has 0 unspecified atom stereocenters. The van der Waals surface area contributed by atoms with E-state index >= 15 is 0 Å². The highest BCUT2D eigenvalue weighted by atomic mass is 79.9. The van der Waals surface area contributed by atoms with Crippen molar-refractivity contribution in [3.8, 4) is 6.07 Å². The van der Waals surface area contributed by atoms with Gasteiger partial charge in [0.2, 0.25) is 5.91 Å². The molecule has 0 radical (unpaired) electrons. The Morgan fingerprint density at radius 2 is 2.00 bits per heavy atom. The lowest BCUT2D eigenvalue weighted by Crippen LogP contribution is -2.37. The monoisotopic (exact) mass is 387 g/mol. The molecule has 2 aromatic rings. The molecule has 24 heavy (non-hydrogen) atoms. The smallest absolute Gasteiger partial charge is 0.251 e. The highest BCUT2D eigenvalue weighted by Gasteiger charge is 2.17. The van der Waals surface area contributed by atoms with E-state index in [1.807, 2.05) is 32.0 Å². The van der Waals surface area contributed by atoms with Gasteiger partial charge in [-0.15, -0.1) is 0 Å². The summed E-state index contributed by atoms with van der Waals surface area (Å²) in [5.41, 5.74) is 2.70. The normalized spacial score (nSPS) is 10.2. The van der Waals surface area contributed by atoms with Gasteiger partial charge >= 0.3 is 0 Å². The predicted molar refractivity (Wildman–Crippen MR) is 96.9 cm³/mol. The molecule has 0 spiro atoms. The van der Waals surface area contributed by atoms with Gasteiger partial charge in [0.1, 0.15) is 6.54 Å². The number of nitriles is 1. The summed E-state index contributed by atoms with van der Waals surface area (Å²) in [7, 11) is 0. The Labute approximate surface area is 149 Å². The number of aromatic nitrogens is 1. The number of hydrogen-bond donors (Lipinski definition) is 0. The lowest BCUT2D eigenvalue weighted by molar-refractivity contribution is -0.119. The van der Waals surface area contributed by atoms with E-state index in [0.717, 1.165) is 21.3 Å². The number of anilines is 1. The fourth-order valence-electron chi connectivity index (χ4n) is 2.31. The van der Waals surface area contributed by atoms with Crippen molar-refractivity contribution in [1.29, 1.82) is 5.26 Å². The number of amides is 1. The summed E-state index contributed by atoms with van der Waals surface area (Å²) in [6, 6.07) is 10.8. The van der Waals surface area contributed by atoms with Gasteiger partial charge in [0.25, 0.3) is 5.56 Å². The average Bonchev–Trinajstić information content (AvgIpc) is 2.54. The Morgan fingerprint density at radius 1 is 1.25 bits per heavy atom. The van der Waals surface area contributed by atoms with Crippen LogP contribution in [-0.2, 0) is 11.3 Å². The second kappa shape index (κ2) is 7.93. The molecule has 0 aliphatic rings. The SMILES string of the molecule is Cc1ccc(N(CCC#N)C(=O)Cn2cc(Br)ccc2=O)cc1C. The minimum Gasteiger partial charge on any atom is -0.310 e. The van der Waals surface area contributed by atoms with Crippen molar-refractivity contribution in [1.82, 2.24) is 4.57 Å². The fraction of sp³-hybridized carbons (Fsp3) is 0.278. The molecule has 1 aromatic heterocycles. The topological polar surface area (TPSA) is 66.1 Å². The minimum absolute atomic E-state index is 0.0728. The number of carbonyl (C=O) groups excluding carboxylic acids is 1. The Kier molecular flexibility index (Phi) is 5.93. The maximum Gasteiger partial charge on any atom is 0.251 e. The second-order valence-electron chi connectivity index (χ2n) is 5.54. The van der Waals surface area contributed by atoms with Crippen LogP contribution in [0.5, 0.6) is 0 Å². The van der Waals surface area contributed by atoms with Gasteiger partial charge in [-0.05, 0) is 59.1 Å². The molecule has 6 heteroatoms. The molecule has 2 rings (SSSR count). The maximum atomic E-state index is 12.7. The van der Waals surface area contributed by atoms with Crippen LogP contribution >= 0.6 is 15.9 Å². The van der Waals surface area contributed by atoms with Crippen molar-refractivity contribution < 1.29 is 4.79 Å². The van der Waals surface area contributed by atoms with Crippen LogP contribution < -0.4 is 10.5 Å². The van der Waals surface area contributed by atoms with E-state index in [1.165, 1.54) is 10.6 Å². The summed E-state index contributed by atoms with van der Waals surface area (Å²) >= 11 is 3.30. The number of pyridine rings is 1. The highest BCUT2D eigenvalue weighted by molar-refractivity contribution is 9.10. The first-order valence-corrected chi connectivity index (χ1v) is 8.32. The summed E-state index contributed by atoms with van der Waals surface area (Å²) in [5, 5.41) is 8.86. The molecule has 0 saturated carbocycles. The van der Waals surface area contributed by atoms with E-state index < -0.39 is 0 Å². The van der Waals surface area contributed by atoms with Crippen LogP contribution in [0, 0.1) is 25.2 Å². The lowest BCUT2D eigenvalue weighted by atomic mass is 10.1. The first-order chi connectivity index (χ1) is 11.4. The van der Waals surface area contributed by atoms with Gasteiger partial charge in [-0.25, -0.2) is 0 Å². The molecule has 124 valence electrons. The molecule has 1 heterocycles. The summed E-state index contributed by atoms with van der Waals surface area (Å²) in [5.74, 6) is -0.228. The molecule has 0 aliphatic heterocycles. The summed E-state index contributed by atoms with van der Waals surface area (Å²) in [6.07, 6.45) is 1.81. The molecule has 0 saturated heterocycles. The average molecular weight is 388 g/mol. The van der Waals surface area contributed by atoms with Crippen molar-refractivity contribution in [2.45, 2.75) is 26.8 Å². The van der Waals surface area contributed by atoms with Gasteiger partial charge < -0.3 is 9.47 Å². The quantitative estimate of drug-likeness (QED) is 0.790. The molecule has 1 aromatic carbocycles. The molecular formula is C18H18BrN3O2. The number of aryl methyl sites for hydroxylation is 2. The third-order valence-electron chi connectivity index (χ3n) is 3.80. The molecule has 0 fully saturated rings. The standard InChI is InChI=1S/C18H18BrN3O2/c1-13-4-6-16(10-14(13)2)22(9-3-8-20)18(24)12-21-11-15(19)5-7-17(21)23/h4-7,10-11H,3,9,12H2,1-2H3. The van der Waals surface area contributed by atoms with Gasteiger partial charge in [-0.1, -0.05) is 6.07 Å². The van der Waals surface area contributed by atoms with Crippen molar-refractivity contribution >= 4 is 27.5 Å². The van der Waals surface area contributed by atoms with Crippen molar-refractivity contribution in [3.05, 3.63) is 62.5 Å². The first-order valence-electron chi connectivity index (χ1n) is 7.53. The largest absolute Gasteiger partial charge is 0.310 e. The van der Waals surface area contributed by atoms with E-state index in [9.17, 15) is 9.59 Å². The minimum atomic E-state index is -0.244. The molecule has 0 atom stereocenters. The van der Waals surface area contributed by atoms with E-state index in [4.69, 9.17) is 5.26 Å². The van der Waals surface area contributed by atoms with E-state index in [-0.39, 0.29) is 24.4 Å². The molecule has 5 nitrogen and oxygen atoms in total. The highest BCUT2D eigenvalue weighted by Crippen LogP contribution is 2.20. The van der Waals surface area contributed by atoms with Crippen LogP contribution in [0.15, 0.2) is 45.8 Å². The zero-order chi connectivity index (χ0) is 17.7. The van der Waals surface area contributed by atoms with Gasteiger partial charge in [0.15, 0.2) is 0 Å². The summed E-state index contributed by atoms with van der Waals surface area (Å²) < 4.78 is 2.08. The van der Waals surface area contributed by atoms with Gasteiger partial charge in [-0.2, -0.15) is 5.26 Å². The van der Waals surface area contributed by atoms with E-state index in [0.29, 0.717) is 6.54 Å². The van der Waals surface area contributed by atoms with Crippen LogP contribution in [0.25, 0.3) is 0 Å². The third kappa shape index (κ3) is 4.33. The van der Waals surface area contributed by atoms with Crippen LogP contribution in [0.1, 0.15) is 17.5 Å². The number of rotatable bonds is 5. The van der Waals surface area contributed by atoms with Crippen molar-refractivity contribution in [2.75, 3.05) is 11.4 Å². The Hall–Kier alpha value is -2.39. The van der Waals surface area contributed by atoms with Crippen molar-refractivity contribution in [3.63, 3.8) is 0 Å². The molecule has 0 aliphatic carbocycles. The number of nitrogens with zero attached hydrogens (tertiary/aromatic N) is 3. The number of carbonyl (C=O) groups is 1. The third-order valence-corrected chi connectivity index (χ3v) is 4.27. The van der Waals surface area contributed by atoms with Crippen LogP contribution in [0.2, 0.25) is 0 Å². The predicted octanol–water partition coefficient (Wildman–Crippen LogP) is 3.17. The number of hydrogen-bond acceptors (Lipinski definition) is 3. The Morgan fingerprint density at radius 3 is 2.67 bits per heavy atom. The summed E-state index contributed by atoms with van der Waals surface area (Å²) in [4.78, 5) is 26.2. The number of benzene rings is 1. The zero-order valence-corrected chi connectivity index (χ0v) is 15.2. The molecule has 0 bridgehead atoms. The maximum absolute atomic E-state index is 12.7. The van der Waals surface area contributed by atoms with Crippen LogP contribution in [-0.4, -0.2) is 17.0 Å². The molecule has 1 amide bonds. The van der Waals surface area contributed by atoms with Crippen LogP contribution in [0.4, 0.5) is 5.69 Å². The summed E-state index contributed by atoms with van der Waals surface area (Å²) in [6.45, 7) is 4.20.